The second kappa shape index (κ2) is 10.5. The van der Waals surface area contributed by atoms with Crippen molar-refractivity contribution in [3.05, 3.63) is 65.2 Å². The molecule has 0 atom stereocenters. The average Bonchev–Trinajstić information content (AvgIpc) is 2.65. The number of ether oxygens (including phenoxy) is 2. The molecular formula is C20H25F2N3O2. The third-order valence-electron chi connectivity index (χ3n) is 4.00. The minimum absolute atomic E-state index is 0.147. The molecule has 0 saturated heterocycles. The van der Waals surface area contributed by atoms with Crippen molar-refractivity contribution >= 4 is 5.96 Å². The van der Waals surface area contributed by atoms with Gasteiger partial charge in [0.25, 0.3) is 0 Å². The standard InChI is InChI=1S/C20H25F2N3O2/c1-23-20(24-12-16-6-4-5-7-17(16)14-26-3)25(2)13-15-8-10-18(11-9-15)27-19(21)22/h4-11,19H,12-14H2,1-3H3,(H,23,24). The molecule has 5 nitrogen and oxygen atoms in total. The first-order valence-electron chi connectivity index (χ1n) is 8.54. The Bertz CT molecular complexity index is 736. The van der Waals surface area contributed by atoms with Crippen LogP contribution in [0.5, 0.6) is 5.75 Å². The van der Waals surface area contributed by atoms with Gasteiger partial charge in [-0.25, -0.2) is 0 Å². The normalized spacial score (nSPS) is 11.6. The highest BCUT2D eigenvalue weighted by molar-refractivity contribution is 5.79. The zero-order valence-corrected chi connectivity index (χ0v) is 15.8. The monoisotopic (exact) mass is 377 g/mol. The van der Waals surface area contributed by atoms with Gasteiger partial charge in [0.2, 0.25) is 0 Å². The number of nitrogens with one attached hydrogen (secondary N) is 1. The first kappa shape index (κ1) is 20.6. The summed E-state index contributed by atoms with van der Waals surface area (Å²) >= 11 is 0. The van der Waals surface area contributed by atoms with Gasteiger partial charge in [-0.2, -0.15) is 8.78 Å². The van der Waals surface area contributed by atoms with Gasteiger partial charge in [-0.1, -0.05) is 36.4 Å². The summed E-state index contributed by atoms with van der Waals surface area (Å²) in [5.74, 6) is 0.879. The highest BCUT2D eigenvalue weighted by atomic mass is 19.3. The quantitative estimate of drug-likeness (QED) is 0.564. The minimum Gasteiger partial charge on any atom is -0.435 e. The van der Waals surface area contributed by atoms with Gasteiger partial charge < -0.3 is 19.7 Å². The summed E-state index contributed by atoms with van der Waals surface area (Å²) in [5, 5.41) is 3.34. The number of nitrogens with zero attached hydrogens (tertiary/aromatic N) is 2. The Balaban J connectivity index is 1.95. The molecule has 1 N–H and O–H groups in total. The summed E-state index contributed by atoms with van der Waals surface area (Å²) in [6.07, 6.45) is 0. The Labute approximate surface area is 158 Å². The number of aliphatic imine (C=N–C) groups is 1. The first-order chi connectivity index (χ1) is 13.0. The largest absolute Gasteiger partial charge is 0.435 e. The van der Waals surface area contributed by atoms with Gasteiger partial charge in [-0.15, -0.1) is 0 Å². The lowest BCUT2D eigenvalue weighted by Crippen LogP contribution is -2.38. The maximum Gasteiger partial charge on any atom is 0.387 e. The van der Waals surface area contributed by atoms with Gasteiger partial charge in [0.15, 0.2) is 5.96 Å². The number of halogens is 2. The fraction of sp³-hybridized carbons (Fsp3) is 0.350. The molecule has 0 fully saturated rings. The van der Waals surface area contributed by atoms with Crippen molar-refractivity contribution in [2.45, 2.75) is 26.3 Å². The average molecular weight is 377 g/mol. The van der Waals surface area contributed by atoms with Crippen molar-refractivity contribution in [3.8, 4) is 5.75 Å². The van der Waals surface area contributed by atoms with E-state index in [1.807, 2.05) is 30.1 Å². The molecule has 146 valence electrons. The van der Waals surface area contributed by atoms with E-state index >= 15 is 0 Å². The molecule has 0 unspecified atom stereocenters. The number of benzene rings is 2. The zero-order chi connectivity index (χ0) is 19.6. The van der Waals surface area contributed by atoms with Gasteiger partial charge >= 0.3 is 6.61 Å². The predicted octanol–water partition coefficient (Wildman–Crippen LogP) is 3.64. The molecule has 0 aliphatic rings. The van der Waals surface area contributed by atoms with Crippen LogP contribution in [0.2, 0.25) is 0 Å². The molecule has 2 rings (SSSR count). The summed E-state index contributed by atoms with van der Waals surface area (Å²) in [5.41, 5.74) is 3.23. The van der Waals surface area contributed by atoms with E-state index in [1.165, 1.54) is 12.1 Å². The summed E-state index contributed by atoms with van der Waals surface area (Å²) in [6, 6.07) is 14.7. The third kappa shape index (κ3) is 6.53. The zero-order valence-electron chi connectivity index (χ0n) is 15.8. The molecule has 0 amide bonds. The number of hydrogen-bond acceptors (Lipinski definition) is 3. The summed E-state index contributed by atoms with van der Waals surface area (Å²) in [7, 11) is 5.31. The third-order valence-corrected chi connectivity index (χ3v) is 4.00. The number of methoxy groups -OCH3 is 1. The van der Waals surface area contributed by atoms with E-state index in [-0.39, 0.29) is 5.75 Å². The molecule has 0 aliphatic carbocycles. The molecule has 7 heteroatoms. The Morgan fingerprint density at radius 3 is 2.37 bits per heavy atom. The number of rotatable bonds is 8. The molecule has 0 heterocycles. The Morgan fingerprint density at radius 1 is 1.11 bits per heavy atom. The van der Waals surface area contributed by atoms with Crippen LogP contribution < -0.4 is 10.1 Å². The van der Waals surface area contributed by atoms with E-state index in [9.17, 15) is 8.78 Å². The van der Waals surface area contributed by atoms with Crippen molar-refractivity contribution in [1.82, 2.24) is 10.2 Å². The first-order valence-corrected chi connectivity index (χ1v) is 8.54. The fourth-order valence-electron chi connectivity index (χ4n) is 2.71. The maximum absolute atomic E-state index is 12.2. The molecule has 0 radical (unpaired) electrons. The fourth-order valence-corrected chi connectivity index (χ4v) is 2.71. The Kier molecular flexibility index (Phi) is 8.00. The lowest BCUT2D eigenvalue weighted by Gasteiger charge is -2.23. The van der Waals surface area contributed by atoms with Crippen molar-refractivity contribution in [3.63, 3.8) is 0 Å². The van der Waals surface area contributed by atoms with Crippen LogP contribution in [0.25, 0.3) is 0 Å². The van der Waals surface area contributed by atoms with E-state index in [0.717, 1.165) is 22.6 Å². The number of guanidine groups is 1. The van der Waals surface area contributed by atoms with E-state index in [4.69, 9.17) is 4.74 Å². The molecule has 0 spiro atoms. The van der Waals surface area contributed by atoms with Gasteiger partial charge in [-0.05, 0) is 28.8 Å². The predicted molar refractivity (Wildman–Crippen MR) is 102 cm³/mol. The van der Waals surface area contributed by atoms with Crippen molar-refractivity contribution < 1.29 is 18.3 Å². The molecule has 2 aromatic carbocycles. The maximum atomic E-state index is 12.2. The summed E-state index contributed by atoms with van der Waals surface area (Å²) in [4.78, 5) is 6.27. The molecule has 0 saturated carbocycles. The highest BCUT2D eigenvalue weighted by Gasteiger charge is 2.09. The van der Waals surface area contributed by atoms with Gasteiger partial charge in [0.05, 0.1) is 6.61 Å². The van der Waals surface area contributed by atoms with Gasteiger partial charge in [-0.3, -0.25) is 4.99 Å². The van der Waals surface area contributed by atoms with Crippen LogP contribution in [-0.4, -0.2) is 38.7 Å². The van der Waals surface area contributed by atoms with Crippen LogP contribution in [0.3, 0.4) is 0 Å². The van der Waals surface area contributed by atoms with E-state index < -0.39 is 6.61 Å². The number of hydrogen-bond donors (Lipinski definition) is 1. The molecule has 27 heavy (non-hydrogen) atoms. The van der Waals surface area contributed by atoms with Crippen LogP contribution in [0.15, 0.2) is 53.5 Å². The van der Waals surface area contributed by atoms with E-state index in [0.29, 0.717) is 19.7 Å². The van der Waals surface area contributed by atoms with Crippen LogP contribution in [0.1, 0.15) is 16.7 Å². The second-order valence-corrected chi connectivity index (χ2v) is 5.98. The second-order valence-electron chi connectivity index (χ2n) is 5.98. The molecular weight excluding hydrogens is 352 g/mol. The molecule has 0 bridgehead atoms. The van der Waals surface area contributed by atoms with Crippen LogP contribution in [-0.2, 0) is 24.4 Å². The minimum atomic E-state index is -2.82. The highest BCUT2D eigenvalue weighted by Crippen LogP contribution is 2.16. The topological polar surface area (TPSA) is 46.1 Å². The van der Waals surface area contributed by atoms with Crippen molar-refractivity contribution in [1.29, 1.82) is 0 Å². The van der Waals surface area contributed by atoms with Crippen LogP contribution >= 0.6 is 0 Å². The Hall–Kier alpha value is -2.67. The summed E-state index contributed by atoms with van der Waals surface area (Å²) < 4.78 is 34.0. The van der Waals surface area contributed by atoms with Gasteiger partial charge in [0, 0.05) is 34.3 Å². The Morgan fingerprint density at radius 2 is 1.78 bits per heavy atom. The van der Waals surface area contributed by atoms with Gasteiger partial charge in [0.1, 0.15) is 5.75 Å². The lowest BCUT2D eigenvalue weighted by atomic mass is 10.1. The van der Waals surface area contributed by atoms with Crippen LogP contribution in [0.4, 0.5) is 8.78 Å². The molecule has 0 aromatic heterocycles. The van der Waals surface area contributed by atoms with E-state index in [2.05, 4.69) is 21.1 Å². The molecule has 0 aliphatic heterocycles. The SMILES string of the molecule is CN=C(NCc1ccccc1COC)N(C)Cc1ccc(OC(F)F)cc1. The van der Waals surface area contributed by atoms with Crippen molar-refractivity contribution in [2.75, 3.05) is 21.2 Å². The smallest absolute Gasteiger partial charge is 0.387 e. The van der Waals surface area contributed by atoms with Crippen molar-refractivity contribution in [2.24, 2.45) is 4.99 Å². The number of alkyl halides is 2. The molecule has 2 aromatic rings. The lowest BCUT2D eigenvalue weighted by molar-refractivity contribution is -0.0498. The van der Waals surface area contributed by atoms with Crippen LogP contribution in [0, 0.1) is 0 Å². The summed E-state index contributed by atoms with van der Waals surface area (Å²) in [6.45, 7) is -1.06. The van der Waals surface area contributed by atoms with E-state index in [1.54, 1.807) is 26.3 Å².